The van der Waals surface area contributed by atoms with E-state index in [0.29, 0.717) is 27.0 Å². The summed E-state index contributed by atoms with van der Waals surface area (Å²) in [6.45, 7) is 1.75. The molecular weight excluding hydrogens is 238 g/mol. The van der Waals surface area contributed by atoms with Crippen LogP contribution in [0, 0.1) is 6.92 Å². The standard InChI is InChI=1S/C11H15N3O2S/c1-5-7(10(15)13-2)9(12)17-8(5)11(16)14-6-3-4-6/h6H,3-4,12H2,1-2H3,(H,13,15)(H,14,16). The topological polar surface area (TPSA) is 84.2 Å². The van der Waals surface area contributed by atoms with Gasteiger partial charge >= 0.3 is 0 Å². The summed E-state index contributed by atoms with van der Waals surface area (Å²) in [7, 11) is 1.54. The van der Waals surface area contributed by atoms with Crippen LogP contribution in [0.25, 0.3) is 0 Å². The number of carbonyl (C=O) groups excluding carboxylic acids is 2. The molecule has 2 rings (SSSR count). The highest BCUT2D eigenvalue weighted by Crippen LogP contribution is 2.31. The smallest absolute Gasteiger partial charge is 0.261 e. The first-order valence-corrected chi connectivity index (χ1v) is 6.28. The van der Waals surface area contributed by atoms with Crippen LogP contribution in [0.1, 0.15) is 38.4 Å². The number of amides is 2. The van der Waals surface area contributed by atoms with Crippen molar-refractivity contribution < 1.29 is 9.59 Å². The Morgan fingerprint density at radius 1 is 1.35 bits per heavy atom. The third kappa shape index (κ3) is 2.26. The zero-order valence-corrected chi connectivity index (χ0v) is 10.6. The van der Waals surface area contributed by atoms with Gasteiger partial charge in [-0.2, -0.15) is 0 Å². The van der Waals surface area contributed by atoms with Gasteiger partial charge in [-0.15, -0.1) is 11.3 Å². The van der Waals surface area contributed by atoms with Crippen LogP contribution in [-0.4, -0.2) is 24.9 Å². The lowest BCUT2D eigenvalue weighted by Gasteiger charge is -2.02. The molecule has 0 bridgehead atoms. The third-order valence-electron chi connectivity index (χ3n) is 2.75. The van der Waals surface area contributed by atoms with Crippen molar-refractivity contribution in [3.8, 4) is 0 Å². The van der Waals surface area contributed by atoms with E-state index in [0.717, 1.165) is 12.8 Å². The summed E-state index contributed by atoms with van der Waals surface area (Å²) in [4.78, 5) is 24.0. The van der Waals surface area contributed by atoms with Gasteiger partial charge in [0.25, 0.3) is 11.8 Å². The molecule has 0 aromatic carbocycles. The quantitative estimate of drug-likeness (QED) is 0.748. The second kappa shape index (κ2) is 4.37. The Bertz CT molecular complexity index is 477. The van der Waals surface area contributed by atoms with Crippen molar-refractivity contribution in [2.75, 3.05) is 12.8 Å². The molecule has 0 saturated heterocycles. The molecule has 17 heavy (non-hydrogen) atoms. The van der Waals surface area contributed by atoms with Gasteiger partial charge in [0.1, 0.15) is 0 Å². The average molecular weight is 253 g/mol. The van der Waals surface area contributed by atoms with Crippen molar-refractivity contribution in [3.05, 3.63) is 16.0 Å². The molecule has 1 saturated carbocycles. The highest BCUT2D eigenvalue weighted by atomic mass is 32.1. The van der Waals surface area contributed by atoms with E-state index < -0.39 is 0 Å². The van der Waals surface area contributed by atoms with Gasteiger partial charge < -0.3 is 16.4 Å². The number of rotatable bonds is 3. The van der Waals surface area contributed by atoms with Gasteiger partial charge in [-0.1, -0.05) is 0 Å². The molecule has 2 amide bonds. The highest BCUT2D eigenvalue weighted by molar-refractivity contribution is 7.18. The molecule has 1 aliphatic carbocycles. The van der Waals surface area contributed by atoms with E-state index in [2.05, 4.69) is 10.6 Å². The minimum Gasteiger partial charge on any atom is -0.390 e. The minimum atomic E-state index is -0.248. The fourth-order valence-electron chi connectivity index (χ4n) is 1.64. The molecule has 1 fully saturated rings. The molecule has 0 unspecified atom stereocenters. The molecule has 5 nitrogen and oxygen atoms in total. The van der Waals surface area contributed by atoms with E-state index in [1.54, 1.807) is 14.0 Å². The number of hydrogen-bond donors (Lipinski definition) is 3. The number of nitrogens with one attached hydrogen (secondary N) is 2. The van der Waals surface area contributed by atoms with Crippen LogP contribution in [0.4, 0.5) is 5.00 Å². The molecule has 0 radical (unpaired) electrons. The largest absolute Gasteiger partial charge is 0.390 e. The van der Waals surface area contributed by atoms with Crippen LogP contribution in [0.2, 0.25) is 0 Å². The summed E-state index contributed by atoms with van der Waals surface area (Å²) in [6, 6.07) is 0.300. The normalized spacial score (nSPS) is 14.5. The highest BCUT2D eigenvalue weighted by Gasteiger charge is 2.27. The molecule has 4 N–H and O–H groups in total. The Balaban J connectivity index is 2.28. The van der Waals surface area contributed by atoms with Gasteiger partial charge in [-0.05, 0) is 25.3 Å². The summed E-state index contributed by atoms with van der Waals surface area (Å²) in [5.41, 5.74) is 6.85. The second-order valence-corrected chi connectivity index (χ2v) is 5.17. The van der Waals surface area contributed by atoms with E-state index in [1.165, 1.54) is 11.3 Å². The summed E-state index contributed by atoms with van der Waals surface area (Å²) in [6.07, 6.45) is 2.07. The first-order chi connectivity index (χ1) is 8.04. The SMILES string of the molecule is CNC(=O)c1c(N)sc(C(=O)NC2CC2)c1C. The van der Waals surface area contributed by atoms with Crippen LogP contribution in [0.15, 0.2) is 0 Å². The van der Waals surface area contributed by atoms with Crippen LogP contribution in [0.5, 0.6) is 0 Å². The van der Waals surface area contributed by atoms with Crippen LogP contribution in [0.3, 0.4) is 0 Å². The predicted molar refractivity (Wildman–Crippen MR) is 67.3 cm³/mol. The molecule has 0 aliphatic heterocycles. The number of nitrogen functional groups attached to an aromatic ring is 1. The molecule has 1 aliphatic rings. The second-order valence-electron chi connectivity index (χ2n) is 4.12. The van der Waals surface area contributed by atoms with Crippen LogP contribution >= 0.6 is 11.3 Å². The van der Waals surface area contributed by atoms with Crippen molar-refractivity contribution in [3.63, 3.8) is 0 Å². The fourth-order valence-corrected chi connectivity index (χ4v) is 2.61. The zero-order valence-electron chi connectivity index (χ0n) is 9.79. The molecule has 6 heteroatoms. The molecular formula is C11H15N3O2S. The number of hydrogen-bond acceptors (Lipinski definition) is 4. The predicted octanol–water partition coefficient (Wildman–Crippen LogP) is 0.891. The first-order valence-electron chi connectivity index (χ1n) is 5.46. The van der Waals surface area contributed by atoms with E-state index in [9.17, 15) is 9.59 Å². The first kappa shape index (κ1) is 11.9. The number of carbonyl (C=O) groups is 2. The lowest BCUT2D eigenvalue weighted by Crippen LogP contribution is -2.25. The van der Waals surface area contributed by atoms with Crippen molar-refractivity contribution in [1.82, 2.24) is 10.6 Å². The third-order valence-corrected chi connectivity index (χ3v) is 3.87. The summed E-state index contributed by atoms with van der Waals surface area (Å²) in [5, 5.41) is 5.81. The molecule has 1 heterocycles. The number of nitrogens with two attached hydrogens (primary N) is 1. The Morgan fingerprint density at radius 3 is 2.53 bits per heavy atom. The molecule has 0 atom stereocenters. The van der Waals surface area contributed by atoms with Crippen LogP contribution < -0.4 is 16.4 Å². The molecule has 1 aromatic heterocycles. The zero-order chi connectivity index (χ0) is 12.6. The van der Waals surface area contributed by atoms with E-state index in [-0.39, 0.29) is 11.8 Å². The Morgan fingerprint density at radius 2 is 2.00 bits per heavy atom. The Labute approximate surface area is 103 Å². The fraction of sp³-hybridized carbons (Fsp3) is 0.455. The summed E-state index contributed by atoms with van der Waals surface area (Å²) in [5.74, 6) is -0.376. The van der Waals surface area contributed by atoms with Crippen LogP contribution in [-0.2, 0) is 0 Å². The van der Waals surface area contributed by atoms with Gasteiger partial charge in [-0.3, -0.25) is 9.59 Å². The maximum Gasteiger partial charge on any atom is 0.261 e. The lowest BCUT2D eigenvalue weighted by atomic mass is 10.1. The summed E-state index contributed by atoms with van der Waals surface area (Å²) >= 11 is 1.17. The van der Waals surface area contributed by atoms with E-state index in [4.69, 9.17) is 5.73 Å². The molecule has 0 spiro atoms. The van der Waals surface area contributed by atoms with Gasteiger partial charge in [0.2, 0.25) is 0 Å². The molecule has 1 aromatic rings. The number of anilines is 1. The van der Waals surface area contributed by atoms with Gasteiger partial charge in [0.05, 0.1) is 15.4 Å². The van der Waals surface area contributed by atoms with Crippen molar-refractivity contribution in [2.45, 2.75) is 25.8 Å². The van der Waals surface area contributed by atoms with Crippen molar-refractivity contribution >= 4 is 28.2 Å². The van der Waals surface area contributed by atoms with Crippen molar-refractivity contribution in [2.24, 2.45) is 0 Å². The monoisotopic (exact) mass is 253 g/mol. The lowest BCUT2D eigenvalue weighted by molar-refractivity contribution is 0.0954. The Hall–Kier alpha value is -1.56. The van der Waals surface area contributed by atoms with Gasteiger partial charge in [-0.25, -0.2) is 0 Å². The average Bonchev–Trinajstić information content (AvgIpc) is 3.04. The van der Waals surface area contributed by atoms with Gasteiger partial charge in [0.15, 0.2) is 0 Å². The maximum atomic E-state index is 11.9. The minimum absolute atomic E-state index is 0.128. The summed E-state index contributed by atoms with van der Waals surface area (Å²) < 4.78 is 0. The molecule has 92 valence electrons. The van der Waals surface area contributed by atoms with E-state index >= 15 is 0 Å². The van der Waals surface area contributed by atoms with E-state index in [1.807, 2.05) is 0 Å². The maximum absolute atomic E-state index is 11.9. The Kier molecular flexibility index (Phi) is 3.06. The number of thiophene rings is 1. The van der Waals surface area contributed by atoms with Gasteiger partial charge in [0, 0.05) is 13.1 Å². The van der Waals surface area contributed by atoms with Crippen molar-refractivity contribution in [1.29, 1.82) is 0 Å².